The molecule has 2 bridgehead atoms. The van der Waals surface area contributed by atoms with Gasteiger partial charge in [-0.15, -0.1) is 0 Å². The first-order valence-corrected chi connectivity index (χ1v) is 9.65. The van der Waals surface area contributed by atoms with Gasteiger partial charge >= 0.3 is 5.69 Å². The minimum atomic E-state index is -0.650. The number of benzene rings is 1. The van der Waals surface area contributed by atoms with Crippen molar-refractivity contribution in [3.8, 4) is 0 Å². The molecule has 28 heavy (non-hydrogen) atoms. The van der Waals surface area contributed by atoms with Crippen LogP contribution in [0, 0.1) is 11.8 Å². The molecule has 4 heterocycles. The van der Waals surface area contributed by atoms with Crippen molar-refractivity contribution >= 4 is 22.8 Å². The number of nitrogens with zero attached hydrogens (tertiary/aromatic N) is 1. The third-order valence-electron chi connectivity index (χ3n) is 6.02. The number of ether oxygens (including phenoxy) is 1. The molecule has 2 aromatic rings. The summed E-state index contributed by atoms with van der Waals surface area (Å²) >= 11 is 0. The molecule has 0 unspecified atom stereocenters. The molecule has 2 fully saturated rings. The number of imidazole rings is 1. The van der Waals surface area contributed by atoms with E-state index in [2.05, 4.69) is 15.3 Å². The van der Waals surface area contributed by atoms with E-state index in [0.717, 1.165) is 17.5 Å². The van der Waals surface area contributed by atoms with Crippen LogP contribution in [-0.2, 0) is 20.9 Å². The lowest BCUT2D eigenvalue weighted by Gasteiger charge is -2.23. The van der Waals surface area contributed by atoms with Crippen LogP contribution < -0.4 is 11.0 Å². The standard InChI is InChI=1S/C20H22N4O4/c1-2-7-24-10-20-6-5-14(28-20)15(16(20)18(24)26)17(25)21-9-11-3-4-12-13(8-11)23-19(27)22-12/h3-6,8,14-16H,2,7,9-10H2,1H3,(H,21,25)(H2,22,23,27)/t14-,15-,16+,20-/m0/s1. The number of fused-ring (bicyclic) bond motifs is 2. The lowest BCUT2D eigenvalue weighted by atomic mass is 9.77. The van der Waals surface area contributed by atoms with Crippen molar-refractivity contribution in [1.29, 1.82) is 0 Å². The summed E-state index contributed by atoms with van der Waals surface area (Å²) in [5.74, 6) is -1.11. The van der Waals surface area contributed by atoms with Crippen LogP contribution in [-0.4, -0.2) is 51.5 Å². The molecule has 5 rings (SSSR count). The zero-order chi connectivity index (χ0) is 19.5. The van der Waals surface area contributed by atoms with Crippen molar-refractivity contribution in [1.82, 2.24) is 20.2 Å². The summed E-state index contributed by atoms with van der Waals surface area (Å²) in [6.07, 6.45) is 4.42. The van der Waals surface area contributed by atoms with Crippen molar-refractivity contribution in [2.45, 2.75) is 31.6 Å². The first-order chi connectivity index (χ1) is 13.5. The monoisotopic (exact) mass is 382 g/mol. The third-order valence-corrected chi connectivity index (χ3v) is 6.02. The van der Waals surface area contributed by atoms with Crippen LogP contribution in [0.15, 0.2) is 35.1 Å². The fourth-order valence-corrected chi connectivity index (χ4v) is 4.83. The van der Waals surface area contributed by atoms with Crippen LogP contribution in [0.3, 0.4) is 0 Å². The predicted molar refractivity (Wildman–Crippen MR) is 101 cm³/mol. The first kappa shape index (κ1) is 17.2. The Labute approximate surface area is 160 Å². The topological polar surface area (TPSA) is 107 Å². The Bertz CT molecular complexity index is 1050. The minimum Gasteiger partial charge on any atom is -0.360 e. The van der Waals surface area contributed by atoms with E-state index in [-0.39, 0.29) is 23.6 Å². The largest absolute Gasteiger partial charge is 0.360 e. The second kappa shape index (κ2) is 6.07. The fraction of sp³-hybridized carbons (Fsp3) is 0.450. The number of hydrogen-bond donors (Lipinski definition) is 3. The van der Waals surface area contributed by atoms with Crippen LogP contribution in [0.4, 0.5) is 0 Å². The van der Waals surface area contributed by atoms with E-state index in [1.807, 2.05) is 36.1 Å². The molecule has 0 aliphatic carbocycles. The lowest BCUT2D eigenvalue weighted by molar-refractivity contribution is -0.137. The number of rotatable bonds is 5. The van der Waals surface area contributed by atoms with Gasteiger partial charge in [0, 0.05) is 13.1 Å². The van der Waals surface area contributed by atoms with Gasteiger partial charge in [-0.25, -0.2) is 4.79 Å². The van der Waals surface area contributed by atoms with Crippen LogP contribution >= 0.6 is 0 Å². The van der Waals surface area contributed by atoms with E-state index >= 15 is 0 Å². The zero-order valence-electron chi connectivity index (χ0n) is 15.5. The molecule has 8 heteroatoms. The van der Waals surface area contributed by atoms with E-state index in [9.17, 15) is 14.4 Å². The maximum atomic E-state index is 13.0. The van der Waals surface area contributed by atoms with Crippen molar-refractivity contribution < 1.29 is 14.3 Å². The summed E-state index contributed by atoms with van der Waals surface area (Å²) in [4.78, 5) is 44.5. The van der Waals surface area contributed by atoms with Gasteiger partial charge in [0.05, 0.1) is 35.5 Å². The molecule has 0 radical (unpaired) electrons. The van der Waals surface area contributed by atoms with E-state index in [4.69, 9.17) is 4.74 Å². The van der Waals surface area contributed by atoms with Gasteiger partial charge in [0.1, 0.15) is 5.60 Å². The van der Waals surface area contributed by atoms with Gasteiger partial charge < -0.3 is 24.9 Å². The molecule has 3 N–H and O–H groups in total. The molecule has 1 aromatic heterocycles. The van der Waals surface area contributed by atoms with Crippen molar-refractivity contribution in [3.05, 3.63) is 46.4 Å². The Morgan fingerprint density at radius 3 is 2.96 bits per heavy atom. The van der Waals surface area contributed by atoms with Crippen molar-refractivity contribution in [2.75, 3.05) is 13.1 Å². The molecular formula is C20H22N4O4. The molecule has 3 aliphatic heterocycles. The molecule has 146 valence electrons. The molecule has 3 aliphatic rings. The molecule has 4 atom stereocenters. The van der Waals surface area contributed by atoms with Gasteiger partial charge in [-0.2, -0.15) is 0 Å². The van der Waals surface area contributed by atoms with Gasteiger partial charge in [-0.3, -0.25) is 9.59 Å². The van der Waals surface area contributed by atoms with E-state index in [1.54, 1.807) is 6.07 Å². The fourth-order valence-electron chi connectivity index (χ4n) is 4.83. The molecular weight excluding hydrogens is 360 g/mol. The van der Waals surface area contributed by atoms with Crippen molar-refractivity contribution in [3.63, 3.8) is 0 Å². The normalized spacial score (nSPS) is 30.4. The molecule has 1 spiro atoms. The average Bonchev–Trinajstić information content (AvgIpc) is 3.39. The highest BCUT2D eigenvalue weighted by molar-refractivity contribution is 5.93. The number of hydrogen-bond acceptors (Lipinski definition) is 4. The maximum absolute atomic E-state index is 13.0. The third kappa shape index (κ3) is 2.44. The summed E-state index contributed by atoms with van der Waals surface area (Å²) in [5, 5.41) is 2.95. The Morgan fingerprint density at radius 1 is 1.32 bits per heavy atom. The summed E-state index contributed by atoms with van der Waals surface area (Å²) in [6.45, 7) is 3.56. The SMILES string of the molecule is CCCN1C[C@]23C=C[C@H](O2)[C@H](C(=O)NCc2ccc4[nH]c(=O)[nH]c4c2)[C@@H]3C1=O. The Kier molecular flexibility index (Phi) is 3.74. The highest BCUT2D eigenvalue weighted by atomic mass is 16.5. The summed E-state index contributed by atoms with van der Waals surface area (Å²) < 4.78 is 6.10. The number of amides is 2. The molecule has 2 saturated heterocycles. The number of carbonyl (C=O) groups excluding carboxylic acids is 2. The predicted octanol–water partition coefficient (Wildman–Crippen LogP) is 0.664. The Morgan fingerprint density at radius 2 is 2.14 bits per heavy atom. The van der Waals surface area contributed by atoms with E-state index < -0.39 is 17.4 Å². The number of carbonyl (C=O) groups is 2. The second-order valence-electron chi connectivity index (χ2n) is 7.84. The van der Waals surface area contributed by atoms with Crippen LogP contribution in [0.2, 0.25) is 0 Å². The van der Waals surface area contributed by atoms with Gasteiger partial charge in [0.2, 0.25) is 11.8 Å². The quantitative estimate of drug-likeness (QED) is 0.661. The maximum Gasteiger partial charge on any atom is 0.323 e. The second-order valence-corrected chi connectivity index (χ2v) is 7.84. The molecule has 1 aromatic carbocycles. The summed E-state index contributed by atoms with van der Waals surface area (Å²) in [6, 6.07) is 5.49. The zero-order valence-corrected chi connectivity index (χ0v) is 15.5. The molecule has 8 nitrogen and oxygen atoms in total. The van der Waals surface area contributed by atoms with Gasteiger partial charge in [0.15, 0.2) is 0 Å². The number of aromatic amines is 2. The van der Waals surface area contributed by atoms with Crippen molar-refractivity contribution in [2.24, 2.45) is 11.8 Å². The number of H-pyrrole nitrogens is 2. The lowest BCUT2D eigenvalue weighted by Crippen LogP contribution is -2.44. The Hall–Kier alpha value is -2.87. The number of nitrogens with one attached hydrogen (secondary N) is 3. The highest BCUT2D eigenvalue weighted by Gasteiger charge is 2.66. The Balaban J connectivity index is 1.33. The van der Waals surface area contributed by atoms with Gasteiger partial charge in [-0.05, 0) is 24.1 Å². The van der Waals surface area contributed by atoms with Crippen LogP contribution in [0.5, 0.6) is 0 Å². The molecule has 0 saturated carbocycles. The van der Waals surface area contributed by atoms with Gasteiger partial charge in [0.25, 0.3) is 0 Å². The number of aromatic nitrogens is 2. The average molecular weight is 382 g/mol. The van der Waals surface area contributed by atoms with E-state index in [0.29, 0.717) is 25.2 Å². The first-order valence-electron chi connectivity index (χ1n) is 9.65. The van der Waals surface area contributed by atoms with Crippen LogP contribution in [0.25, 0.3) is 11.0 Å². The van der Waals surface area contributed by atoms with E-state index in [1.165, 1.54) is 0 Å². The van der Waals surface area contributed by atoms with Crippen LogP contribution in [0.1, 0.15) is 18.9 Å². The summed E-state index contributed by atoms with van der Waals surface area (Å²) in [7, 11) is 0. The molecule has 2 amide bonds. The highest BCUT2D eigenvalue weighted by Crippen LogP contribution is 2.51. The summed E-state index contributed by atoms with van der Waals surface area (Å²) in [5.41, 5.74) is 1.38. The number of likely N-dealkylation sites (tertiary alicyclic amines) is 1. The minimum absolute atomic E-state index is 0.0140. The smallest absolute Gasteiger partial charge is 0.323 e. The van der Waals surface area contributed by atoms with Gasteiger partial charge in [-0.1, -0.05) is 25.1 Å².